The van der Waals surface area contributed by atoms with E-state index in [2.05, 4.69) is 6.92 Å². The number of aliphatic hydroxyl groups is 2. The lowest BCUT2D eigenvalue weighted by Crippen LogP contribution is -2.66. The summed E-state index contributed by atoms with van der Waals surface area (Å²) in [4.78, 5) is 39.1. The molecule has 0 amide bonds. The van der Waals surface area contributed by atoms with Gasteiger partial charge in [0.15, 0.2) is 11.5 Å². The summed E-state index contributed by atoms with van der Waals surface area (Å²) in [6.45, 7) is 14.5. The number of allylic oxidation sites excluding steroid dienone is 2. The van der Waals surface area contributed by atoms with E-state index < -0.39 is 58.2 Å². The van der Waals surface area contributed by atoms with E-state index in [4.69, 9.17) is 14.2 Å². The smallest absolute Gasteiger partial charge is 0.302 e. The second kappa shape index (κ2) is 9.86. The SMILES string of the molecule is CC[C@@H](C)[C@H](OC(C)=O)[C@@H](C)C1=CC(=O)C2=C(O[C@]3(C)CC[C@H]4O[C@@H](C(C)(C)O)CC[C@]4(C)[C@H]3[C@@H]2O)C1=O. The number of rotatable bonds is 6. The molecule has 8 heteroatoms. The van der Waals surface area contributed by atoms with Gasteiger partial charge in [0.05, 0.1) is 29.5 Å². The number of carbonyl (C=O) groups excluding carboxylic acids is 3. The van der Waals surface area contributed by atoms with Crippen LogP contribution in [-0.2, 0) is 28.6 Å². The van der Waals surface area contributed by atoms with Crippen LogP contribution in [0, 0.1) is 23.2 Å². The van der Waals surface area contributed by atoms with Crippen LogP contribution in [0.2, 0.25) is 0 Å². The Balaban J connectivity index is 1.67. The zero-order valence-corrected chi connectivity index (χ0v) is 24.0. The minimum absolute atomic E-state index is 0.00693. The normalized spacial score (nSPS) is 37.7. The van der Waals surface area contributed by atoms with Crippen molar-refractivity contribution in [2.75, 3.05) is 0 Å². The summed E-state index contributed by atoms with van der Waals surface area (Å²) in [5.74, 6) is -2.41. The number of hydrogen-bond donors (Lipinski definition) is 2. The van der Waals surface area contributed by atoms with Gasteiger partial charge in [-0.2, -0.15) is 0 Å². The largest absolute Gasteiger partial charge is 0.482 e. The Morgan fingerprint density at radius 3 is 2.45 bits per heavy atom. The average Bonchev–Trinajstić information content (AvgIpc) is 2.81. The number of Topliss-reactive ketones (excluding diaryl/α,β-unsaturated/α-hetero) is 1. The number of carbonyl (C=O) groups is 3. The van der Waals surface area contributed by atoms with Crippen LogP contribution < -0.4 is 0 Å². The van der Waals surface area contributed by atoms with Gasteiger partial charge in [0.2, 0.25) is 5.78 Å². The Morgan fingerprint density at radius 1 is 1.21 bits per heavy atom. The Bertz CT molecular complexity index is 1070. The molecule has 1 saturated heterocycles. The van der Waals surface area contributed by atoms with E-state index in [1.54, 1.807) is 20.8 Å². The number of ketones is 2. The minimum atomic E-state index is -1.19. The molecule has 8 nitrogen and oxygen atoms in total. The van der Waals surface area contributed by atoms with E-state index in [1.165, 1.54) is 13.0 Å². The molecule has 4 rings (SSSR count). The lowest BCUT2D eigenvalue weighted by atomic mass is 9.52. The Hall–Kier alpha value is -2.03. The first-order chi connectivity index (χ1) is 17.5. The first-order valence-corrected chi connectivity index (χ1v) is 14.0. The topological polar surface area (TPSA) is 119 Å². The lowest BCUT2D eigenvalue weighted by molar-refractivity contribution is -0.260. The maximum absolute atomic E-state index is 13.8. The molecule has 0 spiro atoms. The van der Waals surface area contributed by atoms with Crippen molar-refractivity contribution in [2.45, 2.75) is 123 Å². The first-order valence-electron chi connectivity index (χ1n) is 14.0. The fraction of sp³-hybridized carbons (Fsp3) is 0.767. The molecule has 0 unspecified atom stereocenters. The quantitative estimate of drug-likeness (QED) is 0.391. The summed E-state index contributed by atoms with van der Waals surface area (Å²) in [7, 11) is 0. The molecule has 2 fully saturated rings. The summed E-state index contributed by atoms with van der Waals surface area (Å²) in [5.41, 5.74) is -2.12. The molecule has 2 N–H and O–H groups in total. The second-order valence-electron chi connectivity index (χ2n) is 13.0. The van der Waals surface area contributed by atoms with Gasteiger partial charge < -0.3 is 24.4 Å². The summed E-state index contributed by atoms with van der Waals surface area (Å²) in [6.07, 6.45) is 2.21. The fourth-order valence-corrected chi connectivity index (χ4v) is 7.46. The zero-order valence-electron chi connectivity index (χ0n) is 24.0. The van der Waals surface area contributed by atoms with Crippen LogP contribution >= 0.6 is 0 Å². The number of aliphatic hydroxyl groups excluding tert-OH is 1. The van der Waals surface area contributed by atoms with Crippen molar-refractivity contribution >= 4 is 17.5 Å². The van der Waals surface area contributed by atoms with Crippen LogP contribution in [0.25, 0.3) is 0 Å². The molecule has 2 aliphatic carbocycles. The van der Waals surface area contributed by atoms with Gasteiger partial charge in [-0.3, -0.25) is 14.4 Å². The zero-order chi connectivity index (χ0) is 28.4. The maximum Gasteiger partial charge on any atom is 0.302 e. The molecule has 38 heavy (non-hydrogen) atoms. The highest BCUT2D eigenvalue weighted by atomic mass is 16.5. The molecule has 9 atom stereocenters. The van der Waals surface area contributed by atoms with Crippen molar-refractivity contribution in [3.63, 3.8) is 0 Å². The van der Waals surface area contributed by atoms with Gasteiger partial charge in [-0.1, -0.05) is 34.1 Å². The highest BCUT2D eigenvalue weighted by molar-refractivity contribution is 6.22. The van der Waals surface area contributed by atoms with Crippen molar-refractivity contribution in [3.05, 3.63) is 23.0 Å². The van der Waals surface area contributed by atoms with E-state index >= 15 is 0 Å². The molecular weight excluding hydrogens is 488 g/mol. The Labute approximate surface area is 225 Å². The predicted octanol–water partition coefficient (Wildman–Crippen LogP) is 3.82. The van der Waals surface area contributed by atoms with Gasteiger partial charge in [-0.15, -0.1) is 0 Å². The highest BCUT2D eigenvalue weighted by Crippen LogP contribution is 2.59. The van der Waals surface area contributed by atoms with Crippen molar-refractivity contribution in [1.29, 1.82) is 0 Å². The van der Waals surface area contributed by atoms with E-state index in [0.717, 1.165) is 6.42 Å². The molecule has 0 aromatic heterocycles. The monoisotopic (exact) mass is 532 g/mol. The van der Waals surface area contributed by atoms with Gasteiger partial charge in [0.25, 0.3) is 0 Å². The number of ether oxygens (including phenoxy) is 3. The van der Waals surface area contributed by atoms with Gasteiger partial charge in [0, 0.05) is 29.7 Å². The Kier molecular flexibility index (Phi) is 7.52. The van der Waals surface area contributed by atoms with Crippen LogP contribution in [0.5, 0.6) is 0 Å². The van der Waals surface area contributed by atoms with Gasteiger partial charge in [0.1, 0.15) is 11.7 Å². The first kappa shape index (κ1) is 29.0. The highest BCUT2D eigenvalue weighted by Gasteiger charge is 2.64. The van der Waals surface area contributed by atoms with Crippen molar-refractivity contribution in [2.24, 2.45) is 23.2 Å². The van der Waals surface area contributed by atoms with Crippen LogP contribution in [0.3, 0.4) is 0 Å². The number of hydrogen-bond acceptors (Lipinski definition) is 8. The fourth-order valence-electron chi connectivity index (χ4n) is 7.46. The number of fused-ring (bicyclic) bond motifs is 3. The van der Waals surface area contributed by atoms with Crippen LogP contribution in [-0.4, -0.2) is 63.4 Å². The minimum Gasteiger partial charge on any atom is -0.482 e. The molecule has 2 heterocycles. The molecule has 0 radical (unpaired) electrons. The van der Waals surface area contributed by atoms with Crippen LogP contribution in [0.15, 0.2) is 23.0 Å². The van der Waals surface area contributed by atoms with Gasteiger partial charge in [-0.05, 0) is 58.4 Å². The van der Waals surface area contributed by atoms with E-state index in [9.17, 15) is 24.6 Å². The molecule has 1 saturated carbocycles. The third-order valence-corrected chi connectivity index (χ3v) is 9.77. The molecule has 0 aromatic carbocycles. The van der Waals surface area contributed by atoms with Gasteiger partial charge in [-0.25, -0.2) is 0 Å². The predicted molar refractivity (Wildman–Crippen MR) is 140 cm³/mol. The molecule has 0 aromatic rings. The Morgan fingerprint density at radius 2 is 1.87 bits per heavy atom. The van der Waals surface area contributed by atoms with E-state index in [0.29, 0.717) is 25.7 Å². The van der Waals surface area contributed by atoms with Crippen LogP contribution in [0.4, 0.5) is 0 Å². The van der Waals surface area contributed by atoms with Gasteiger partial charge >= 0.3 is 5.97 Å². The van der Waals surface area contributed by atoms with E-state index in [-0.39, 0.29) is 35.0 Å². The second-order valence-corrected chi connectivity index (χ2v) is 13.0. The molecule has 0 bridgehead atoms. The standard InChI is InChI=1S/C30H44O8/c1-9-15(2)25(36-17(4)31)16(3)18-14-19(32)22-24(34)27-29(7)12-10-20(28(5,6)35)37-21(29)11-13-30(27,8)38-26(22)23(18)33/h14-16,20-21,24-25,27,34-35H,9-13H2,1-8H3/t15-,16+,20-,21-,24-,25+,27-,29+,30-/m1/s1. The lowest BCUT2D eigenvalue weighted by Gasteiger charge is -2.61. The van der Waals surface area contributed by atoms with E-state index in [1.807, 2.05) is 20.8 Å². The van der Waals surface area contributed by atoms with Crippen molar-refractivity contribution < 1.29 is 38.8 Å². The summed E-state index contributed by atoms with van der Waals surface area (Å²) >= 11 is 0. The third-order valence-electron chi connectivity index (χ3n) is 9.77. The summed E-state index contributed by atoms with van der Waals surface area (Å²) in [6, 6.07) is 0. The maximum atomic E-state index is 13.8. The van der Waals surface area contributed by atoms with Crippen molar-refractivity contribution in [1.82, 2.24) is 0 Å². The average molecular weight is 533 g/mol. The molecule has 2 aliphatic heterocycles. The summed E-state index contributed by atoms with van der Waals surface area (Å²) < 4.78 is 18.4. The van der Waals surface area contributed by atoms with Crippen molar-refractivity contribution in [3.8, 4) is 0 Å². The number of esters is 1. The molecular formula is C30H44O8. The van der Waals surface area contributed by atoms with Crippen LogP contribution in [0.1, 0.15) is 87.5 Å². The third kappa shape index (κ3) is 4.66. The molecule has 4 aliphatic rings. The summed E-state index contributed by atoms with van der Waals surface area (Å²) in [5, 5.41) is 22.3. The molecule has 212 valence electrons.